The second-order valence-electron chi connectivity index (χ2n) is 3.23. The van der Waals surface area contributed by atoms with Gasteiger partial charge in [0.2, 0.25) is 0 Å². The quantitative estimate of drug-likeness (QED) is 0.829. The molecule has 2 aromatic rings. The Balaban J connectivity index is 2.46. The van der Waals surface area contributed by atoms with Crippen molar-refractivity contribution in [2.24, 2.45) is 0 Å². The summed E-state index contributed by atoms with van der Waals surface area (Å²) in [6.07, 6.45) is 4.61. The van der Waals surface area contributed by atoms with Crippen molar-refractivity contribution in [3.8, 4) is 11.4 Å². The number of rotatable bonds is 2. The van der Waals surface area contributed by atoms with Crippen molar-refractivity contribution in [3.05, 3.63) is 46.7 Å². The molecule has 0 saturated heterocycles. The van der Waals surface area contributed by atoms with Crippen molar-refractivity contribution in [2.45, 2.75) is 13.3 Å². The highest BCUT2D eigenvalue weighted by Crippen LogP contribution is 2.21. The maximum Gasteiger partial charge on any atom is 0.0889 e. The predicted octanol–water partition coefficient (Wildman–Crippen LogP) is 3.47. The van der Waals surface area contributed by atoms with Crippen LogP contribution in [0.1, 0.15) is 12.5 Å². The zero-order valence-corrected chi connectivity index (χ0v) is 10.0. The minimum Gasteiger partial charge on any atom is -0.255 e. The first-order valence-electron chi connectivity index (χ1n) is 4.87. The van der Waals surface area contributed by atoms with Gasteiger partial charge < -0.3 is 0 Å². The van der Waals surface area contributed by atoms with Crippen LogP contribution in [0.15, 0.2) is 41.1 Å². The number of pyridine rings is 2. The summed E-state index contributed by atoms with van der Waals surface area (Å²) < 4.78 is 1.06. The lowest BCUT2D eigenvalue weighted by Crippen LogP contribution is -1.90. The number of nitrogens with zero attached hydrogens (tertiary/aromatic N) is 2. The lowest BCUT2D eigenvalue weighted by Gasteiger charge is -2.04. The van der Waals surface area contributed by atoms with Crippen LogP contribution in [0.3, 0.4) is 0 Å². The van der Waals surface area contributed by atoms with E-state index in [2.05, 4.69) is 38.9 Å². The molecule has 0 aliphatic carbocycles. The Hall–Kier alpha value is -1.22. The van der Waals surface area contributed by atoms with Crippen LogP contribution in [0, 0.1) is 0 Å². The van der Waals surface area contributed by atoms with E-state index in [1.807, 2.05) is 24.4 Å². The highest BCUT2D eigenvalue weighted by Gasteiger charge is 2.03. The fraction of sp³-hybridized carbons (Fsp3) is 0.167. The monoisotopic (exact) mass is 262 g/mol. The van der Waals surface area contributed by atoms with Gasteiger partial charge in [-0.15, -0.1) is 0 Å². The van der Waals surface area contributed by atoms with Crippen molar-refractivity contribution < 1.29 is 0 Å². The van der Waals surface area contributed by atoms with Gasteiger partial charge in [-0.05, 0) is 46.1 Å². The molecule has 2 heterocycles. The molecule has 2 nitrogen and oxygen atoms in total. The van der Waals surface area contributed by atoms with E-state index < -0.39 is 0 Å². The van der Waals surface area contributed by atoms with Gasteiger partial charge in [0.1, 0.15) is 0 Å². The minimum absolute atomic E-state index is 0.916. The maximum atomic E-state index is 4.35. The summed E-state index contributed by atoms with van der Waals surface area (Å²) >= 11 is 3.48. The van der Waals surface area contributed by atoms with Crippen LogP contribution in [0.4, 0.5) is 0 Å². The Morgan fingerprint density at radius 3 is 2.73 bits per heavy atom. The molecule has 3 heteroatoms. The summed E-state index contributed by atoms with van der Waals surface area (Å²) in [4.78, 5) is 8.62. The Morgan fingerprint density at radius 2 is 2.07 bits per heavy atom. The fourth-order valence-corrected chi connectivity index (χ4v) is 1.90. The van der Waals surface area contributed by atoms with Gasteiger partial charge in [0.15, 0.2) is 0 Å². The third-order valence-electron chi connectivity index (χ3n) is 2.24. The largest absolute Gasteiger partial charge is 0.255 e. The lowest BCUT2D eigenvalue weighted by atomic mass is 10.1. The first kappa shape index (κ1) is 10.3. The standard InChI is InChI=1S/C12H11BrN2/c1-2-9-7-12(15-8-10(9)13)11-5-3-4-6-14-11/h3-8H,2H2,1H3. The van der Waals surface area contributed by atoms with Crippen molar-refractivity contribution in [1.82, 2.24) is 9.97 Å². The first-order valence-corrected chi connectivity index (χ1v) is 5.66. The zero-order chi connectivity index (χ0) is 10.7. The van der Waals surface area contributed by atoms with Crippen molar-refractivity contribution in [1.29, 1.82) is 0 Å². The number of aromatic nitrogens is 2. The van der Waals surface area contributed by atoms with Crippen molar-refractivity contribution in [2.75, 3.05) is 0 Å². The Morgan fingerprint density at radius 1 is 1.20 bits per heavy atom. The van der Waals surface area contributed by atoms with Crippen LogP contribution in [-0.4, -0.2) is 9.97 Å². The molecule has 0 amide bonds. The van der Waals surface area contributed by atoms with Gasteiger partial charge in [0.05, 0.1) is 11.4 Å². The first-order chi connectivity index (χ1) is 7.31. The maximum absolute atomic E-state index is 4.35. The number of hydrogen-bond donors (Lipinski definition) is 0. The highest BCUT2D eigenvalue weighted by molar-refractivity contribution is 9.10. The van der Waals surface area contributed by atoms with Gasteiger partial charge >= 0.3 is 0 Å². The zero-order valence-electron chi connectivity index (χ0n) is 8.44. The molecule has 0 aliphatic heterocycles. The fourth-order valence-electron chi connectivity index (χ4n) is 1.41. The molecule has 0 aromatic carbocycles. The van der Waals surface area contributed by atoms with Crippen LogP contribution in [-0.2, 0) is 6.42 Å². The van der Waals surface area contributed by atoms with Gasteiger partial charge in [0.25, 0.3) is 0 Å². The van der Waals surface area contributed by atoms with Crippen LogP contribution >= 0.6 is 15.9 Å². The van der Waals surface area contributed by atoms with Crippen LogP contribution in [0.2, 0.25) is 0 Å². The normalized spacial score (nSPS) is 10.3. The Labute approximate surface area is 97.5 Å². The molecular formula is C12H11BrN2. The molecular weight excluding hydrogens is 252 g/mol. The van der Waals surface area contributed by atoms with Gasteiger partial charge in [-0.2, -0.15) is 0 Å². The van der Waals surface area contributed by atoms with Gasteiger partial charge in [-0.3, -0.25) is 9.97 Å². The topological polar surface area (TPSA) is 25.8 Å². The smallest absolute Gasteiger partial charge is 0.0889 e. The Bertz CT molecular complexity index is 454. The van der Waals surface area contributed by atoms with Gasteiger partial charge in [-0.1, -0.05) is 13.0 Å². The van der Waals surface area contributed by atoms with E-state index in [-0.39, 0.29) is 0 Å². The van der Waals surface area contributed by atoms with Crippen LogP contribution < -0.4 is 0 Å². The minimum atomic E-state index is 0.916. The van der Waals surface area contributed by atoms with Gasteiger partial charge in [-0.25, -0.2) is 0 Å². The summed E-state index contributed by atoms with van der Waals surface area (Å²) in [6.45, 7) is 2.13. The number of halogens is 1. The second-order valence-corrected chi connectivity index (χ2v) is 4.08. The molecule has 0 saturated carbocycles. The summed E-state index contributed by atoms with van der Waals surface area (Å²) in [5.74, 6) is 0. The molecule has 0 aliphatic rings. The summed E-state index contributed by atoms with van der Waals surface area (Å²) in [7, 11) is 0. The SMILES string of the molecule is CCc1cc(-c2ccccn2)ncc1Br. The predicted molar refractivity (Wildman–Crippen MR) is 64.5 cm³/mol. The molecule has 0 spiro atoms. The van der Waals surface area contributed by atoms with Crippen molar-refractivity contribution >= 4 is 15.9 Å². The summed E-state index contributed by atoms with van der Waals surface area (Å²) in [6, 6.07) is 7.92. The van der Waals surface area contributed by atoms with E-state index >= 15 is 0 Å². The molecule has 2 rings (SSSR count). The molecule has 15 heavy (non-hydrogen) atoms. The van der Waals surface area contributed by atoms with Crippen molar-refractivity contribution in [3.63, 3.8) is 0 Å². The summed E-state index contributed by atoms with van der Waals surface area (Å²) in [5.41, 5.74) is 3.10. The third-order valence-corrected chi connectivity index (χ3v) is 2.96. The molecule has 76 valence electrons. The third kappa shape index (κ3) is 2.23. The summed E-state index contributed by atoms with van der Waals surface area (Å²) in [5, 5.41) is 0. The molecule has 0 radical (unpaired) electrons. The lowest BCUT2D eigenvalue weighted by molar-refractivity contribution is 1.10. The van der Waals surface area contributed by atoms with E-state index in [1.165, 1.54) is 5.56 Å². The molecule has 0 unspecified atom stereocenters. The number of hydrogen-bond acceptors (Lipinski definition) is 2. The highest BCUT2D eigenvalue weighted by atomic mass is 79.9. The van der Waals surface area contributed by atoms with E-state index in [0.717, 1.165) is 22.3 Å². The second kappa shape index (κ2) is 4.53. The molecule has 0 atom stereocenters. The molecule has 0 N–H and O–H groups in total. The van der Waals surface area contributed by atoms with E-state index in [0.29, 0.717) is 0 Å². The molecule has 0 bridgehead atoms. The van der Waals surface area contributed by atoms with E-state index in [4.69, 9.17) is 0 Å². The van der Waals surface area contributed by atoms with E-state index in [1.54, 1.807) is 6.20 Å². The Kier molecular flexibility index (Phi) is 3.11. The van der Waals surface area contributed by atoms with Gasteiger partial charge in [0, 0.05) is 16.9 Å². The molecule has 2 aromatic heterocycles. The van der Waals surface area contributed by atoms with E-state index in [9.17, 15) is 0 Å². The average Bonchev–Trinajstić information content (AvgIpc) is 2.31. The number of aryl methyl sites for hydroxylation is 1. The van der Waals surface area contributed by atoms with Crippen LogP contribution in [0.5, 0.6) is 0 Å². The molecule has 0 fully saturated rings. The average molecular weight is 263 g/mol. The van der Waals surface area contributed by atoms with Crippen LogP contribution in [0.25, 0.3) is 11.4 Å².